The molecule has 2 aromatic rings. The minimum atomic E-state index is -0.158. The SMILES string of the molecule is CN1CCC(=O)Nc2cc(C(=O)NCCc3ccccn3)ccc21. The largest absolute Gasteiger partial charge is 0.372 e. The van der Waals surface area contributed by atoms with Crippen molar-refractivity contribution in [1.29, 1.82) is 0 Å². The number of hydrogen-bond acceptors (Lipinski definition) is 4. The van der Waals surface area contributed by atoms with Crippen LogP contribution in [-0.4, -0.2) is 36.9 Å². The summed E-state index contributed by atoms with van der Waals surface area (Å²) in [5, 5.41) is 5.75. The molecule has 0 atom stereocenters. The normalized spacial score (nSPS) is 13.7. The van der Waals surface area contributed by atoms with Gasteiger partial charge in [0.05, 0.1) is 11.4 Å². The summed E-state index contributed by atoms with van der Waals surface area (Å²) in [5.74, 6) is -0.191. The molecule has 0 saturated carbocycles. The Kier molecular flexibility index (Phi) is 4.74. The first-order chi connectivity index (χ1) is 11.6. The van der Waals surface area contributed by atoms with Gasteiger partial charge in [0.15, 0.2) is 0 Å². The quantitative estimate of drug-likeness (QED) is 0.900. The molecule has 0 spiro atoms. The monoisotopic (exact) mass is 324 g/mol. The third kappa shape index (κ3) is 3.71. The predicted octanol–water partition coefficient (Wildman–Crippen LogP) is 1.83. The lowest BCUT2D eigenvalue weighted by Gasteiger charge is -2.18. The number of nitrogens with one attached hydrogen (secondary N) is 2. The zero-order valence-electron chi connectivity index (χ0n) is 13.6. The van der Waals surface area contributed by atoms with Gasteiger partial charge in [0.2, 0.25) is 5.91 Å². The fraction of sp³-hybridized carbons (Fsp3) is 0.278. The van der Waals surface area contributed by atoms with E-state index >= 15 is 0 Å². The van der Waals surface area contributed by atoms with Crippen LogP contribution in [0.1, 0.15) is 22.5 Å². The van der Waals surface area contributed by atoms with Gasteiger partial charge in [-0.2, -0.15) is 0 Å². The summed E-state index contributed by atoms with van der Waals surface area (Å²) in [5.41, 5.74) is 3.07. The maximum Gasteiger partial charge on any atom is 0.251 e. The van der Waals surface area contributed by atoms with Crippen LogP contribution in [0.3, 0.4) is 0 Å². The smallest absolute Gasteiger partial charge is 0.251 e. The van der Waals surface area contributed by atoms with Crippen molar-refractivity contribution in [3.8, 4) is 0 Å². The molecule has 1 aromatic heterocycles. The Hall–Kier alpha value is -2.89. The van der Waals surface area contributed by atoms with Crippen LogP contribution in [0.2, 0.25) is 0 Å². The number of fused-ring (bicyclic) bond motifs is 1. The number of hydrogen-bond donors (Lipinski definition) is 2. The van der Waals surface area contributed by atoms with Crippen LogP contribution in [0.25, 0.3) is 0 Å². The predicted molar refractivity (Wildman–Crippen MR) is 93.2 cm³/mol. The van der Waals surface area contributed by atoms with Crippen LogP contribution in [0.5, 0.6) is 0 Å². The van der Waals surface area contributed by atoms with Crippen molar-refractivity contribution in [3.63, 3.8) is 0 Å². The summed E-state index contributed by atoms with van der Waals surface area (Å²) in [7, 11) is 1.94. The Morgan fingerprint density at radius 3 is 3.00 bits per heavy atom. The molecule has 1 aliphatic rings. The van der Waals surface area contributed by atoms with Crippen LogP contribution in [0.15, 0.2) is 42.6 Å². The number of pyridine rings is 1. The van der Waals surface area contributed by atoms with Crippen LogP contribution in [0, 0.1) is 0 Å². The molecule has 0 bridgehead atoms. The highest BCUT2D eigenvalue weighted by atomic mass is 16.2. The first-order valence-corrected chi connectivity index (χ1v) is 7.96. The second-order valence-electron chi connectivity index (χ2n) is 5.78. The number of carbonyl (C=O) groups excluding carboxylic acids is 2. The number of anilines is 2. The maximum absolute atomic E-state index is 12.3. The van der Waals surface area contributed by atoms with Crippen molar-refractivity contribution in [2.45, 2.75) is 12.8 Å². The summed E-state index contributed by atoms with van der Waals surface area (Å²) >= 11 is 0. The van der Waals surface area contributed by atoms with Crippen molar-refractivity contribution in [3.05, 3.63) is 53.9 Å². The fourth-order valence-electron chi connectivity index (χ4n) is 2.66. The van der Waals surface area contributed by atoms with Crippen LogP contribution >= 0.6 is 0 Å². The molecule has 2 amide bonds. The van der Waals surface area contributed by atoms with E-state index in [1.807, 2.05) is 36.2 Å². The van der Waals surface area contributed by atoms with Gasteiger partial charge in [-0.05, 0) is 30.3 Å². The molecular weight excluding hydrogens is 304 g/mol. The lowest BCUT2D eigenvalue weighted by Crippen LogP contribution is -2.26. The Balaban J connectivity index is 1.66. The van der Waals surface area contributed by atoms with Crippen molar-refractivity contribution >= 4 is 23.2 Å². The van der Waals surface area contributed by atoms with Crippen molar-refractivity contribution < 1.29 is 9.59 Å². The molecule has 6 heteroatoms. The second kappa shape index (κ2) is 7.12. The summed E-state index contributed by atoms with van der Waals surface area (Å²) in [6.07, 6.45) is 2.86. The molecule has 2 N–H and O–H groups in total. The topological polar surface area (TPSA) is 74.3 Å². The van der Waals surface area contributed by atoms with Crippen molar-refractivity contribution in [1.82, 2.24) is 10.3 Å². The van der Waals surface area contributed by atoms with Gasteiger partial charge in [0.1, 0.15) is 0 Å². The maximum atomic E-state index is 12.3. The summed E-state index contributed by atoms with van der Waals surface area (Å²) in [4.78, 5) is 30.3. The average molecular weight is 324 g/mol. The fourth-order valence-corrected chi connectivity index (χ4v) is 2.66. The Morgan fingerprint density at radius 1 is 1.33 bits per heavy atom. The van der Waals surface area contributed by atoms with Crippen LogP contribution in [-0.2, 0) is 11.2 Å². The number of aromatic nitrogens is 1. The highest BCUT2D eigenvalue weighted by molar-refractivity contribution is 6.00. The highest BCUT2D eigenvalue weighted by Gasteiger charge is 2.18. The van der Waals surface area contributed by atoms with E-state index in [1.165, 1.54) is 0 Å². The Labute approximate surface area is 140 Å². The molecule has 6 nitrogen and oxygen atoms in total. The lowest BCUT2D eigenvalue weighted by molar-refractivity contribution is -0.115. The molecule has 24 heavy (non-hydrogen) atoms. The Bertz CT molecular complexity index is 746. The van der Waals surface area contributed by atoms with Gasteiger partial charge >= 0.3 is 0 Å². The average Bonchev–Trinajstić information content (AvgIpc) is 2.74. The van der Waals surface area contributed by atoms with Gasteiger partial charge in [0, 0.05) is 50.4 Å². The lowest BCUT2D eigenvalue weighted by atomic mass is 10.1. The third-order valence-corrected chi connectivity index (χ3v) is 4.01. The minimum Gasteiger partial charge on any atom is -0.372 e. The van der Waals surface area contributed by atoms with Gasteiger partial charge in [-0.1, -0.05) is 6.07 Å². The first kappa shape index (κ1) is 16.0. The van der Waals surface area contributed by atoms with Crippen LogP contribution in [0.4, 0.5) is 11.4 Å². The van der Waals surface area contributed by atoms with Crippen molar-refractivity contribution in [2.75, 3.05) is 30.4 Å². The third-order valence-electron chi connectivity index (χ3n) is 4.01. The summed E-state index contributed by atoms with van der Waals surface area (Å²) < 4.78 is 0. The highest BCUT2D eigenvalue weighted by Crippen LogP contribution is 2.28. The van der Waals surface area contributed by atoms with Gasteiger partial charge in [0.25, 0.3) is 5.91 Å². The van der Waals surface area contributed by atoms with E-state index in [0.29, 0.717) is 37.2 Å². The molecule has 0 saturated heterocycles. The van der Waals surface area contributed by atoms with E-state index in [9.17, 15) is 9.59 Å². The summed E-state index contributed by atoms with van der Waals surface area (Å²) in [6, 6.07) is 11.1. The molecule has 3 rings (SSSR count). The van der Waals surface area contributed by atoms with Gasteiger partial charge in [-0.25, -0.2) is 0 Å². The number of benzene rings is 1. The van der Waals surface area contributed by atoms with E-state index < -0.39 is 0 Å². The zero-order chi connectivity index (χ0) is 16.9. The second-order valence-corrected chi connectivity index (χ2v) is 5.78. The number of nitrogens with zero attached hydrogens (tertiary/aromatic N) is 2. The minimum absolute atomic E-state index is 0.0340. The van der Waals surface area contributed by atoms with Gasteiger partial charge < -0.3 is 15.5 Å². The molecule has 1 aromatic carbocycles. The molecule has 0 unspecified atom stereocenters. The number of rotatable bonds is 4. The van der Waals surface area contributed by atoms with Crippen LogP contribution < -0.4 is 15.5 Å². The summed E-state index contributed by atoms with van der Waals surface area (Å²) in [6.45, 7) is 1.17. The zero-order valence-corrected chi connectivity index (χ0v) is 13.6. The van der Waals surface area contributed by atoms with E-state index in [2.05, 4.69) is 15.6 Å². The molecule has 1 aliphatic heterocycles. The Morgan fingerprint density at radius 2 is 2.21 bits per heavy atom. The van der Waals surface area contributed by atoms with E-state index in [4.69, 9.17) is 0 Å². The first-order valence-electron chi connectivity index (χ1n) is 7.96. The molecule has 124 valence electrons. The van der Waals surface area contributed by atoms with E-state index in [0.717, 1.165) is 11.4 Å². The van der Waals surface area contributed by atoms with E-state index in [-0.39, 0.29) is 11.8 Å². The number of carbonyl (C=O) groups is 2. The van der Waals surface area contributed by atoms with Crippen molar-refractivity contribution in [2.24, 2.45) is 0 Å². The van der Waals surface area contributed by atoms with Gasteiger partial charge in [-0.3, -0.25) is 14.6 Å². The molecular formula is C18H20N4O2. The van der Waals surface area contributed by atoms with Gasteiger partial charge in [-0.15, -0.1) is 0 Å². The van der Waals surface area contributed by atoms with E-state index in [1.54, 1.807) is 18.3 Å². The number of amides is 2. The molecule has 2 heterocycles. The molecule has 0 fully saturated rings. The molecule has 0 aliphatic carbocycles. The standard InChI is InChI=1S/C18H20N4O2/c1-22-11-8-17(23)21-15-12-13(5-6-16(15)22)18(24)20-10-7-14-4-2-3-9-19-14/h2-6,9,12H,7-8,10-11H2,1H3,(H,20,24)(H,21,23). The molecule has 0 radical (unpaired) electrons.